The van der Waals surface area contributed by atoms with Gasteiger partial charge in [0.25, 0.3) is 7.82 Å². The molecule has 2 unspecified atom stereocenters. The largest absolute Gasteiger partial charge is 0.756 e. The van der Waals surface area contributed by atoms with Crippen LogP contribution >= 0.6 is 7.82 Å². The van der Waals surface area contributed by atoms with E-state index in [-0.39, 0.29) is 32.0 Å². The molecule has 9 nitrogen and oxygen atoms in total. The number of phosphoric acid groups is 1. The van der Waals surface area contributed by atoms with Crippen molar-refractivity contribution in [3.63, 3.8) is 0 Å². The molecule has 0 heterocycles. The number of esters is 2. The summed E-state index contributed by atoms with van der Waals surface area (Å²) in [6.07, 6.45) is 65.0. The standard InChI is InChI=1S/C61H116NO8P/c1-6-8-10-12-14-16-18-20-22-23-24-25-26-27-28-29-30-31-32-33-34-35-36-37-38-39-40-42-44-46-48-50-52-54-61(64)70-59(58-69-71(65,66)68-56-55-62(3,4)5)57-67-60(63)53-51-49-47-45-43-41-21-19-17-15-13-11-9-7-2/h18-21,23-24,59H,6-17,22,25-58H2,1-5H3/b20-18-,21-19-,24-23-. The van der Waals surface area contributed by atoms with E-state index in [9.17, 15) is 19.0 Å². The first-order valence-corrected chi connectivity index (χ1v) is 31.7. The van der Waals surface area contributed by atoms with Crippen LogP contribution in [0.2, 0.25) is 0 Å². The third-order valence-electron chi connectivity index (χ3n) is 13.4. The van der Waals surface area contributed by atoms with Gasteiger partial charge in [-0.1, -0.05) is 243 Å². The summed E-state index contributed by atoms with van der Waals surface area (Å²) in [5, 5.41) is 0. The highest BCUT2D eigenvalue weighted by molar-refractivity contribution is 7.45. The average molecular weight is 1020 g/mol. The van der Waals surface area contributed by atoms with Crippen molar-refractivity contribution >= 4 is 19.8 Å². The number of likely N-dealkylation sites (N-methyl/N-ethyl adjacent to an activating group) is 1. The number of rotatable bonds is 56. The third kappa shape index (κ3) is 57.4. The van der Waals surface area contributed by atoms with Gasteiger partial charge in [-0.05, 0) is 70.6 Å². The van der Waals surface area contributed by atoms with Gasteiger partial charge in [0, 0.05) is 12.8 Å². The van der Waals surface area contributed by atoms with Gasteiger partial charge >= 0.3 is 11.9 Å². The molecule has 0 aromatic heterocycles. The predicted octanol–water partition coefficient (Wildman–Crippen LogP) is 18.1. The smallest absolute Gasteiger partial charge is 0.306 e. The fraction of sp³-hybridized carbons (Fsp3) is 0.869. The van der Waals surface area contributed by atoms with Gasteiger partial charge in [-0.25, -0.2) is 0 Å². The molecule has 0 saturated carbocycles. The lowest BCUT2D eigenvalue weighted by Crippen LogP contribution is -2.37. The Morgan fingerprint density at radius 1 is 0.437 bits per heavy atom. The van der Waals surface area contributed by atoms with E-state index in [4.69, 9.17) is 18.5 Å². The van der Waals surface area contributed by atoms with Crippen LogP contribution in [0.25, 0.3) is 0 Å². The number of phosphoric ester groups is 1. The molecule has 0 aliphatic heterocycles. The number of unbranched alkanes of at least 4 members (excludes halogenated alkanes) is 36. The first kappa shape index (κ1) is 69.2. The van der Waals surface area contributed by atoms with Crippen LogP contribution in [0.3, 0.4) is 0 Å². The Labute approximate surface area is 440 Å². The highest BCUT2D eigenvalue weighted by Crippen LogP contribution is 2.38. The molecular formula is C61H116NO8P. The van der Waals surface area contributed by atoms with E-state index in [0.717, 1.165) is 57.8 Å². The summed E-state index contributed by atoms with van der Waals surface area (Å²) in [7, 11) is 1.17. The minimum absolute atomic E-state index is 0.0302. The Morgan fingerprint density at radius 3 is 1.13 bits per heavy atom. The quantitative estimate of drug-likeness (QED) is 0.0195. The molecule has 0 aromatic rings. The van der Waals surface area contributed by atoms with Crippen molar-refractivity contribution in [1.82, 2.24) is 0 Å². The zero-order valence-electron chi connectivity index (χ0n) is 47.4. The van der Waals surface area contributed by atoms with E-state index in [0.29, 0.717) is 17.4 Å². The zero-order valence-corrected chi connectivity index (χ0v) is 48.3. The summed E-state index contributed by atoms with van der Waals surface area (Å²) in [6, 6.07) is 0. The van der Waals surface area contributed by atoms with Crippen molar-refractivity contribution < 1.29 is 42.1 Å². The van der Waals surface area contributed by atoms with E-state index < -0.39 is 26.5 Å². The molecule has 0 aliphatic carbocycles. The van der Waals surface area contributed by atoms with E-state index in [1.54, 1.807) is 0 Å². The Bertz CT molecular complexity index is 1300. The Hall–Kier alpha value is -1.77. The predicted molar refractivity (Wildman–Crippen MR) is 301 cm³/mol. The molecule has 0 amide bonds. The number of quaternary nitrogens is 1. The van der Waals surface area contributed by atoms with Crippen LogP contribution in [0.15, 0.2) is 36.5 Å². The first-order valence-electron chi connectivity index (χ1n) is 30.2. The number of carbonyl (C=O) groups is 2. The molecule has 2 atom stereocenters. The summed E-state index contributed by atoms with van der Waals surface area (Å²) >= 11 is 0. The second kappa shape index (κ2) is 53.1. The minimum Gasteiger partial charge on any atom is -0.756 e. The number of hydrogen-bond acceptors (Lipinski definition) is 8. The zero-order chi connectivity index (χ0) is 52.0. The molecule has 0 aromatic carbocycles. The molecule has 0 radical (unpaired) electrons. The monoisotopic (exact) mass is 1020 g/mol. The number of carbonyl (C=O) groups excluding carboxylic acids is 2. The van der Waals surface area contributed by atoms with Crippen LogP contribution in [0.4, 0.5) is 0 Å². The summed E-state index contributed by atoms with van der Waals surface area (Å²) < 4.78 is 34.1. The normalized spacial score (nSPS) is 13.5. The van der Waals surface area contributed by atoms with Crippen LogP contribution in [0, 0.1) is 0 Å². The highest BCUT2D eigenvalue weighted by atomic mass is 31.2. The second-order valence-electron chi connectivity index (χ2n) is 21.7. The molecule has 71 heavy (non-hydrogen) atoms. The maximum atomic E-state index is 12.8. The molecule has 10 heteroatoms. The Kier molecular flexibility index (Phi) is 51.7. The van der Waals surface area contributed by atoms with Gasteiger partial charge in [-0.3, -0.25) is 14.2 Å². The summed E-state index contributed by atoms with van der Waals surface area (Å²) in [5.41, 5.74) is 0. The van der Waals surface area contributed by atoms with E-state index >= 15 is 0 Å². The van der Waals surface area contributed by atoms with Gasteiger partial charge in [0.2, 0.25) is 0 Å². The minimum atomic E-state index is -4.63. The van der Waals surface area contributed by atoms with Gasteiger partial charge in [-0.2, -0.15) is 0 Å². The van der Waals surface area contributed by atoms with Gasteiger partial charge in [0.1, 0.15) is 19.8 Å². The number of allylic oxidation sites excluding steroid dienone is 6. The lowest BCUT2D eigenvalue weighted by atomic mass is 10.0. The molecule has 0 spiro atoms. The van der Waals surface area contributed by atoms with Crippen LogP contribution in [-0.4, -0.2) is 70.0 Å². The van der Waals surface area contributed by atoms with Gasteiger partial charge in [-0.15, -0.1) is 0 Å². The Balaban J connectivity index is 3.99. The van der Waals surface area contributed by atoms with Crippen molar-refractivity contribution in [2.24, 2.45) is 0 Å². The summed E-state index contributed by atoms with van der Waals surface area (Å²) in [4.78, 5) is 37.8. The van der Waals surface area contributed by atoms with Crippen molar-refractivity contribution in [2.75, 3.05) is 47.5 Å². The fourth-order valence-electron chi connectivity index (χ4n) is 8.68. The van der Waals surface area contributed by atoms with E-state index in [1.807, 2.05) is 21.1 Å². The molecule has 0 rings (SSSR count). The van der Waals surface area contributed by atoms with E-state index in [1.165, 1.54) is 199 Å². The van der Waals surface area contributed by atoms with Gasteiger partial charge in [0.15, 0.2) is 6.10 Å². The maximum absolute atomic E-state index is 12.8. The number of nitrogens with zero attached hydrogens (tertiary/aromatic N) is 1. The Morgan fingerprint density at radius 2 is 0.761 bits per heavy atom. The van der Waals surface area contributed by atoms with Crippen molar-refractivity contribution in [2.45, 2.75) is 296 Å². The topological polar surface area (TPSA) is 111 Å². The fourth-order valence-corrected chi connectivity index (χ4v) is 9.41. The van der Waals surface area contributed by atoms with Gasteiger partial charge in [0.05, 0.1) is 27.7 Å². The average Bonchev–Trinajstić information content (AvgIpc) is 3.33. The third-order valence-corrected chi connectivity index (χ3v) is 14.3. The van der Waals surface area contributed by atoms with Crippen LogP contribution in [-0.2, 0) is 32.7 Å². The molecule has 0 fully saturated rings. The van der Waals surface area contributed by atoms with Crippen LogP contribution in [0.1, 0.15) is 290 Å². The SMILES string of the molecule is CCCCCCC/C=C\C/C=C\CCCCCCCCCCCCCCCCCCCCCCCC(=O)OC(COC(=O)CCCCCCC/C=C\CCCCCCC)COP(=O)([O-])OCC[N+](C)(C)C. The van der Waals surface area contributed by atoms with E-state index in [2.05, 4.69) is 50.3 Å². The lowest BCUT2D eigenvalue weighted by Gasteiger charge is -2.28. The molecule has 0 bridgehead atoms. The highest BCUT2D eigenvalue weighted by Gasteiger charge is 2.22. The first-order chi connectivity index (χ1) is 34.5. The molecule has 0 N–H and O–H groups in total. The van der Waals surface area contributed by atoms with Crippen LogP contribution < -0.4 is 4.89 Å². The van der Waals surface area contributed by atoms with Crippen molar-refractivity contribution in [1.29, 1.82) is 0 Å². The molecule has 418 valence electrons. The second-order valence-corrected chi connectivity index (χ2v) is 23.1. The van der Waals surface area contributed by atoms with Crippen molar-refractivity contribution in [3.8, 4) is 0 Å². The maximum Gasteiger partial charge on any atom is 0.306 e. The van der Waals surface area contributed by atoms with Gasteiger partial charge < -0.3 is 27.9 Å². The number of ether oxygens (including phenoxy) is 2. The lowest BCUT2D eigenvalue weighted by molar-refractivity contribution is -0.870. The van der Waals surface area contributed by atoms with Crippen LogP contribution in [0.5, 0.6) is 0 Å². The summed E-state index contributed by atoms with van der Waals surface area (Å²) in [5.74, 6) is -0.831. The molecular weight excluding hydrogens is 906 g/mol. The van der Waals surface area contributed by atoms with Crippen molar-refractivity contribution in [3.05, 3.63) is 36.5 Å². The number of hydrogen-bond donors (Lipinski definition) is 0. The molecule has 0 aliphatic rings. The molecule has 0 saturated heterocycles. The summed E-state index contributed by atoms with van der Waals surface area (Å²) in [6.45, 7) is 4.24.